The summed E-state index contributed by atoms with van der Waals surface area (Å²) < 4.78 is 10.7. The fourth-order valence-corrected chi connectivity index (χ4v) is 2.14. The summed E-state index contributed by atoms with van der Waals surface area (Å²) in [5.74, 6) is -0.851. The molecule has 0 aliphatic rings. The minimum absolute atomic E-state index is 0.0404. The molecule has 0 aliphatic heterocycles. The van der Waals surface area contributed by atoms with E-state index in [1.807, 2.05) is 32.0 Å². The Labute approximate surface area is 134 Å². The maximum Gasteiger partial charge on any atom is 0.338 e. The van der Waals surface area contributed by atoms with Crippen molar-refractivity contribution < 1.29 is 23.8 Å². The van der Waals surface area contributed by atoms with Gasteiger partial charge < -0.3 is 19.6 Å². The van der Waals surface area contributed by atoms with E-state index >= 15 is 0 Å². The highest BCUT2D eigenvalue weighted by molar-refractivity contribution is 5.95. The van der Waals surface area contributed by atoms with E-state index < -0.39 is 11.9 Å². The average molecular weight is 317 g/mol. The van der Waals surface area contributed by atoms with E-state index in [9.17, 15) is 9.59 Å². The normalized spacial score (nSPS) is 11.8. The lowest BCUT2D eigenvalue weighted by Crippen LogP contribution is -2.36. The molecule has 1 atom stereocenters. The highest BCUT2D eigenvalue weighted by Crippen LogP contribution is 2.22. The lowest BCUT2D eigenvalue weighted by Gasteiger charge is -2.17. The molecule has 0 aliphatic carbocycles. The Kier molecular flexibility index (Phi) is 5.05. The predicted molar refractivity (Wildman–Crippen MR) is 84.0 cm³/mol. The highest BCUT2D eigenvalue weighted by atomic mass is 16.5. The third-order valence-corrected chi connectivity index (χ3v) is 3.33. The summed E-state index contributed by atoms with van der Waals surface area (Å²) in [6, 6.07) is 6.81. The first-order valence-electron chi connectivity index (χ1n) is 7.20. The van der Waals surface area contributed by atoms with Crippen molar-refractivity contribution in [2.75, 3.05) is 6.61 Å². The first kappa shape index (κ1) is 16.6. The largest absolute Gasteiger partial charge is 0.491 e. The molecule has 2 N–H and O–H groups in total. The van der Waals surface area contributed by atoms with Gasteiger partial charge in [0.15, 0.2) is 5.76 Å². The molecule has 0 spiro atoms. The minimum atomic E-state index is -1.14. The number of ether oxygens (including phenoxy) is 1. The van der Waals surface area contributed by atoms with Crippen molar-refractivity contribution in [3.8, 4) is 5.75 Å². The zero-order chi connectivity index (χ0) is 17.0. The van der Waals surface area contributed by atoms with Crippen LogP contribution in [0.2, 0.25) is 0 Å². The number of hydrogen-bond acceptors (Lipinski definition) is 4. The van der Waals surface area contributed by atoms with Crippen molar-refractivity contribution in [3.63, 3.8) is 0 Å². The molecule has 2 rings (SSSR count). The van der Waals surface area contributed by atoms with E-state index in [-0.39, 0.29) is 17.4 Å². The third kappa shape index (κ3) is 4.12. The van der Waals surface area contributed by atoms with Crippen LogP contribution in [0.15, 0.2) is 34.9 Å². The van der Waals surface area contributed by atoms with E-state index in [1.165, 1.54) is 6.07 Å². The molecule has 1 aromatic heterocycles. The monoisotopic (exact) mass is 317 g/mol. The molecule has 1 heterocycles. The van der Waals surface area contributed by atoms with Crippen molar-refractivity contribution in [2.45, 2.75) is 26.8 Å². The molecule has 1 amide bonds. The van der Waals surface area contributed by atoms with E-state index in [4.69, 9.17) is 14.3 Å². The number of aryl methyl sites for hydroxylation is 2. The number of carboxylic acid groups (broad SMARTS) is 1. The summed E-state index contributed by atoms with van der Waals surface area (Å²) in [6.07, 6.45) is 1.04. The van der Waals surface area contributed by atoms with Gasteiger partial charge in [-0.3, -0.25) is 4.79 Å². The summed E-state index contributed by atoms with van der Waals surface area (Å²) in [4.78, 5) is 22.8. The molecule has 1 unspecified atom stereocenters. The molecule has 1 aromatic carbocycles. The van der Waals surface area contributed by atoms with Crippen LogP contribution in [0.5, 0.6) is 5.75 Å². The van der Waals surface area contributed by atoms with Crippen molar-refractivity contribution in [2.24, 2.45) is 0 Å². The second-order valence-electron chi connectivity index (χ2n) is 5.41. The smallest absolute Gasteiger partial charge is 0.338 e. The zero-order valence-electron chi connectivity index (χ0n) is 13.3. The first-order valence-corrected chi connectivity index (χ1v) is 7.20. The van der Waals surface area contributed by atoms with Crippen LogP contribution in [0.25, 0.3) is 0 Å². The van der Waals surface area contributed by atoms with E-state index in [2.05, 4.69) is 5.32 Å². The molecule has 0 fully saturated rings. The third-order valence-electron chi connectivity index (χ3n) is 3.33. The van der Waals surface area contributed by atoms with Crippen LogP contribution in [0.3, 0.4) is 0 Å². The summed E-state index contributed by atoms with van der Waals surface area (Å²) in [5.41, 5.74) is 2.00. The van der Waals surface area contributed by atoms with Gasteiger partial charge in [0.25, 0.3) is 5.91 Å². The van der Waals surface area contributed by atoms with Crippen molar-refractivity contribution in [1.29, 1.82) is 0 Å². The van der Waals surface area contributed by atoms with Gasteiger partial charge in [-0.25, -0.2) is 4.79 Å². The van der Waals surface area contributed by atoms with Crippen LogP contribution >= 0.6 is 0 Å². The number of nitrogens with one attached hydrogen (secondary N) is 1. The molecular formula is C17H19NO5. The molecule has 6 heteroatoms. The number of hydrogen-bond donors (Lipinski definition) is 2. The second-order valence-corrected chi connectivity index (χ2v) is 5.41. The molecule has 122 valence electrons. The van der Waals surface area contributed by atoms with Crippen molar-refractivity contribution in [1.82, 2.24) is 5.32 Å². The van der Waals surface area contributed by atoms with Crippen LogP contribution in [0, 0.1) is 13.8 Å². The summed E-state index contributed by atoms with van der Waals surface area (Å²) in [7, 11) is 0. The Balaban J connectivity index is 1.92. The Morgan fingerprint density at radius 3 is 2.52 bits per heavy atom. The molecule has 0 radical (unpaired) electrons. The zero-order valence-corrected chi connectivity index (χ0v) is 13.3. The summed E-state index contributed by atoms with van der Waals surface area (Å²) >= 11 is 0. The number of benzene rings is 1. The van der Waals surface area contributed by atoms with E-state index in [0.717, 1.165) is 23.1 Å². The van der Waals surface area contributed by atoms with Gasteiger partial charge in [-0.1, -0.05) is 18.2 Å². The summed E-state index contributed by atoms with van der Waals surface area (Å²) in [6.45, 7) is 6.01. The molecule has 0 saturated heterocycles. The lowest BCUT2D eigenvalue weighted by atomic mass is 10.1. The molecule has 23 heavy (non-hydrogen) atoms. The Hall–Kier alpha value is -2.76. The van der Waals surface area contributed by atoms with E-state index in [1.54, 1.807) is 6.92 Å². The van der Waals surface area contributed by atoms with Crippen LogP contribution < -0.4 is 10.1 Å². The molecule has 0 saturated carbocycles. The maximum atomic E-state index is 12.0. The van der Waals surface area contributed by atoms with Gasteiger partial charge in [0, 0.05) is 6.07 Å². The number of aromatic carboxylic acids is 1. The Bertz CT molecular complexity index is 699. The number of carbonyl (C=O) groups excluding carboxylic acids is 1. The lowest BCUT2D eigenvalue weighted by molar-refractivity contribution is 0.0695. The van der Waals surface area contributed by atoms with Gasteiger partial charge in [-0.15, -0.1) is 0 Å². The van der Waals surface area contributed by atoms with Crippen LogP contribution in [-0.4, -0.2) is 29.6 Å². The van der Waals surface area contributed by atoms with Crippen molar-refractivity contribution >= 4 is 11.9 Å². The van der Waals surface area contributed by atoms with Gasteiger partial charge in [0.2, 0.25) is 0 Å². The summed E-state index contributed by atoms with van der Waals surface area (Å²) in [5, 5.41) is 11.5. The number of carbonyl (C=O) groups is 2. The standard InChI is InChI=1S/C17H19NO5/c1-10-5-4-6-11(2)15(10)23-8-12(3)18-16(19)14-7-13(9-22-14)17(20)21/h4-7,9,12H,8H2,1-3H3,(H,18,19)(H,20,21). The SMILES string of the molecule is Cc1cccc(C)c1OCC(C)NC(=O)c1cc(C(=O)O)co1. The topological polar surface area (TPSA) is 88.8 Å². The average Bonchev–Trinajstić information content (AvgIpc) is 2.96. The molecule has 0 bridgehead atoms. The molecule has 2 aromatic rings. The van der Waals surface area contributed by atoms with Gasteiger partial charge in [0.1, 0.15) is 18.6 Å². The Morgan fingerprint density at radius 2 is 1.96 bits per heavy atom. The quantitative estimate of drug-likeness (QED) is 0.855. The number of rotatable bonds is 6. The molecular weight excluding hydrogens is 298 g/mol. The maximum absolute atomic E-state index is 12.0. The van der Waals surface area contributed by atoms with Crippen LogP contribution in [0.1, 0.15) is 39.0 Å². The highest BCUT2D eigenvalue weighted by Gasteiger charge is 2.17. The number of carboxylic acids is 1. The van der Waals surface area contributed by atoms with Gasteiger partial charge in [-0.2, -0.15) is 0 Å². The second kappa shape index (κ2) is 7.00. The van der Waals surface area contributed by atoms with Gasteiger partial charge >= 0.3 is 5.97 Å². The number of para-hydroxylation sites is 1. The Morgan fingerprint density at radius 1 is 1.30 bits per heavy atom. The van der Waals surface area contributed by atoms with Crippen LogP contribution in [0.4, 0.5) is 0 Å². The number of furan rings is 1. The van der Waals surface area contributed by atoms with E-state index in [0.29, 0.717) is 6.61 Å². The van der Waals surface area contributed by atoms with Gasteiger partial charge in [-0.05, 0) is 31.9 Å². The fraction of sp³-hybridized carbons (Fsp3) is 0.294. The van der Waals surface area contributed by atoms with Crippen molar-refractivity contribution in [3.05, 3.63) is 53.0 Å². The predicted octanol–water partition coefficient (Wildman–Crippen LogP) is 2.79. The molecule has 6 nitrogen and oxygen atoms in total. The number of amides is 1. The van der Waals surface area contributed by atoms with Crippen LogP contribution in [-0.2, 0) is 0 Å². The fourth-order valence-electron chi connectivity index (χ4n) is 2.14. The minimum Gasteiger partial charge on any atom is -0.491 e. The first-order chi connectivity index (χ1) is 10.9. The van der Waals surface area contributed by atoms with Gasteiger partial charge in [0.05, 0.1) is 11.6 Å².